The smallest absolute Gasteiger partial charge is 0.261 e. The van der Waals surface area contributed by atoms with Crippen LogP contribution in [0.15, 0.2) is 113 Å². The molecule has 1 N–H and O–H groups in total. The summed E-state index contributed by atoms with van der Waals surface area (Å²) >= 11 is 3.86. The molecule has 7 heteroatoms. The maximum atomic E-state index is 11.1. The number of phenolic OH excluding ortho intramolecular Hbond substituents is 1. The molecule has 3 aromatic carbocycles. The van der Waals surface area contributed by atoms with Crippen molar-refractivity contribution in [3.8, 4) is 5.75 Å². The summed E-state index contributed by atoms with van der Waals surface area (Å²) in [5.41, 5.74) is 3.31. The third-order valence-corrected chi connectivity index (χ3v) is 17.7. The monoisotopic (exact) mass is 902 g/mol. The zero-order valence-electron chi connectivity index (χ0n) is 38.7. The van der Waals surface area contributed by atoms with E-state index in [9.17, 15) is 5.11 Å². The van der Waals surface area contributed by atoms with Crippen molar-refractivity contribution in [3.05, 3.63) is 124 Å². The fourth-order valence-corrected chi connectivity index (χ4v) is 14.4. The predicted octanol–water partition coefficient (Wildman–Crippen LogP) is 15.2. The van der Waals surface area contributed by atoms with Crippen molar-refractivity contribution < 1.29 is 18.7 Å². The molecule has 3 unspecified atom stereocenters. The van der Waals surface area contributed by atoms with Gasteiger partial charge in [0.1, 0.15) is 17.6 Å². The third kappa shape index (κ3) is 16.9. The van der Waals surface area contributed by atoms with Gasteiger partial charge in [0.2, 0.25) is 8.32 Å². The first-order valence-corrected chi connectivity index (χ1v) is 28.7. The minimum atomic E-state index is -2.54. The van der Waals surface area contributed by atoms with Gasteiger partial charge in [0.05, 0.1) is 0 Å². The van der Waals surface area contributed by atoms with E-state index < -0.39 is 16.6 Å². The van der Waals surface area contributed by atoms with Crippen LogP contribution in [0.1, 0.15) is 143 Å². The Kier molecular flexibility index (Phi) is 21.6. The van der Waals surface area contributed by atoms with Crippen LogP contribution < -0.4 is 10.4 Å². The van der Waals surface area contributed by atoms with Gasteiger partial charge in [0.25, 0.3) is 8.32 Å². The number of rotatable bonds is 26. The molecule has 0 amide bonds. The lowest BCUT2D eigenvalue weighted by atomic mass is 9.91. The molecule has 0 saturated heterocycles. The highest BCUT2D eigenvalue weighted by atomic mass is 79.9. The standard InChI is InChI=1S/C52H79BrO4Si2/c1-12-13-14-15-16-17-20-28-42(3)39-49(50-44(5)32-27-37-47(50)54)56-51(53)48(57-58(9,10)11)38-26-30-41(2)29-25-31-43(4)40-55-59(52(6,7)8,45-33-21-18-22-34-45)46-35-23-19-24-36-46/h15-16,18-19,21-24,27,30,32-37,42-43,49,54H,12-14,17,20,25-26,28-29,31,38-40H2,1-11H3. The van der Waals surface area contributed by atoms with Crippen LogP contribution in [0.5, 0.6) is 5.75 Å². The van der Waals surface area contributed by atoms with Crippen molar-refractivity contribution in [2.45, 2.75) is 163 Å². The Morgan fingerprint density at radius 1 is 0.780 bits per heavy atom. The molecule has 326 valence electrons. The molecule has 0 fully saturated rings. The number of aromatic hydroxyl groups is 1. The van der Waals surface area contributed by atoms with E-state index in [0.29, 0.717) is 16.5 Å². The Hall–Kier alpha value is -2.85. The summed E-state index contributed by atoms with van der Waals surface area (Å²) in [6.07, 6.45) is 19.5. The quantitative estimate of drug-likeness (QED) is 0.0377. The number of halogens is 1. The Morgan fingerprint density at radius 2 is 1.37 bits per heavy atom. The van der Waals surface area contributed by atoms with Crippen molar-refractivity contribution >= 4 is 42.9 Å². The minimum absolute atomic E-state index is 0.0200. The van der Waals surface area contributed by atoms with Gasteiger partial charge in [-0.3, -0.25) is 0 Å². The van der Waals surface area contributed by atoms with Crippen LogP contribution in [-0.4, -0.2) is 28.3 Å². The van der Waals surface area contributed by atoms with Crippen LogP contribution >= 0.6 is 15.9 Å². The van der Waals surface area contributed by atoms with Gasteiger partial charge in [-0.2, -0.15) is 0 Å². The molecular formula is C52H79BrO4Si2. The van der Waals surface area contributed by atoms with E-state index >= 15 is 0 Å². The molecule has 3 rings (SSSR count). The maximum Gasteiger partial charge on any atom is 0.261 e. The van der Waals surface area contributed by atoms with Crippen LogP contribution in [0.3, 0.4) is 0 Å². The second-order valence-electron chi connectivity index (χ2n) is 19.0. The lowest BCUT2D eigenvalue weighted by Crippen LogP contribution is -2.66. The highest BCUT2D eigenvalue weighted by Gasteiger charge is 2.50. The summed E-state index contributed by atoms with van der Waals surface area (Å²) in [6, 6.07) is 27.7. The number of allylic oxidation sites excluding steroid dienone is 5. The Labute approximate surface area is 371 Å². The van der Waals surface area contributed by atoms with Gasteiger partial charge in [0, 0.05) is 18.6 Å². The van der Waals surface area contributed by atoms with Crippen LogP contribution in [0.2, 0.25) is 24.7 Å². The van der Waals surface area contributed by atoms with Crippen LogP contribution in [0.25, 0.3) is 0 Å². The highest BCUT2D eigenvalue weighted by molar-refractivity contribution is 9.11. The lowest BCUT2D eigenvalue weighted by molar-refractivity contribution is 0.101. The van der Waals surface area contributed by atoms with E-state index in [2.05, 4.69) is 176 Å². The lowest BCUT2D eigenvalue weighted by Gasteiger charge is -2.43. The van der Waals surface area contributed by atoms with Crippen molar-refractivity contribution in [2.24, 2.45) is 11.8 Å². The molecule has 0 aliphatic rings. The topological polar surface area (TPSA) is 47.9 Å². The molecule has 0 saturated carbocycles. The second-order valence-corrected chi connectivity index (χ2v) is 28.4. The summed E-state index contributed by atoms with van der Waals surface area (Å²) in [6.45, 7) is 25.7. The van der Waals surface area contributed by atoms with Gasteiger partial charge in [-0.25, -0.2) is 0 Å². The average molecular weight is 904 g/mol. The fraction of sp³-hybridized carbons (Fsp3) is 0.538. The summed E-state index contributed by atoms with van der Waals surface area (Å²) in [5, 5.41) is 13.7. The van der Waals surface area contributed by atoms with E-state index in [1.165, 1.54) is 35.2 Å². The molecular weight excluding hydrogens is 825 g/mol. The molecule has 0 heterocycles. The average Bonchev–Trinajstić information content (AvgIpc) is 3.17. The first-order chi connectivity index (χ1) is 28.0. The number of hydrogen-bond acceptors (Lipinski definition) is 4. The maximum absolute atomic E-state index is 11.1. The third-order valence-electron chi connectivity index (χ3n) is 11.2. The Bertz CT molecular complexity index is 1680. The molecule has 0 bridgehead atoms. The zero-order valence-corrected chi connectivity index (χ0v) is 42.3. The summed E-state index contributed by atoms with van der Waals surface area (Å²) in [4.78, 5) is 0. The SMILES string of the molecule is CCCCC=CCCCC(C)CC(OC(Br)=C(CCC=C(C)CCCC(C)CO[Si](c1ccccc1)(c1ccccc1)C(C)(C)C)O[Si](C)(C)C)c1c(C)cccc1O. The van der Waals surface area contributed by atoms with Gasteiger partial charge in [-0.05, 0) is 140 Å². The number of benzene rings is 3. The molecule has 0 aliphatic carbocycles. The van der Waals surface area contributed by atoms with Gasteiger partial charge in [-0.15, -0.1) is 0 Å². The molecule has 0 aromatic heterocycles. The zero-order chi connectivity index (χ0) is 43.5. The van der Waals surface area contributed by atoms with Crippen molar-refractivity contribution in [2.75, 3.05) is 6.61 Å². The van der Waals surface area contributed by atoms with E-state index in [-0.39, 0.29) is 16.9 Å². The van der Waals surface area contributed by atoms with E-state index in [0.717, 1.165) is 81.3 Å². The van der Waals surface area contributed by atoms with E-state index in [1.807, 2.05) is 6.07 Å². The Morgan fingerprint density at radius 3 is 1.93 bits per heavy atom. The number of unbranched alkanes of at least 4 members (excludes halogenated alkanes) is 3. The van der Waals surface area contributed by atoms with Gasteiger partial charge >= 0.3 is 0 Å². The minimum Gasteiger partial charge on any atom is -0.544 e. The summed E-state index contributed by atoms with van der Waals surface area (Å²) in [7, 11) is -4.48. The number of hydrogen-bond donors (Lipinski definition) is 1. The number of aryl methyl sites for hydroxylation is 1. The van der Waals surface area contributed by atoms with E-state index in [4.69, 9.17) is 13.6 Å². The molecule has 59 heavy (non-hydrogen) atoms. The van der Waals surface area contributed by atoms with Gasteiger partial charge in [-0.1, -0.05) is 157 Å². The first-order valence-electron chi connectivity index (χ1n) is 22.6. The van der Waals surface area contributed by atoms with Crippen LogP contribution in [-0.2, 0) is 13.6 Å². The number of phenols is 1. The number of ether oxygens (including phenoxy) is 1. The first kappa shape index (κ1) is 50.5. The molecule has 0 radical (unpaired) electrons. The normalized spacial score (nSPS) is 14.9. The molecule has 4 nitrogen and oxygen atoms in total. The molecule has 3 aromatic rings. The molecule has 0 aliphatic heterocycles. The van der Waals surface area contributed by atoms with Crippen LogP contribution in [0, 0.1) is 18.8 Å². The molecule has 3 atom stereocenters. The highest BCUT2D eigenvalue weighted by Crippen LogP contribution is 2.40. The second kappa shape index (κ2) is 25.2. The van der Waals surface area contributed by atoms with E-state index in [1.54, 1.807) is 6.07 Å². The van der Waals surface area contributed by atoms with Crippen molar-refractivity contribution in [1.82, 2.24) is 0 Å². The predicted molar refractivity (Wildman–Crippen MR) is 263 cm³/mol. The largest absolute Gasteiger partial charge is 0.544 e. The van der Waals surface area contributed by atoms with Gasteiger partial charge in [0.15, 0.2) is 4.67 Å². The van der Waals surface area contributed by atoms with Crippen molar-refractivity contribution in [3.63, 3.8) is 0 Å². The van der Waals surface area contributed by atoms with Crippen molar-refractivity contribution in [1.29, 1.82) is 0 Å². The van der Waals surface area contributed by atoms with Crippen LogP contribution in [0.4, 0.5) is 0 Å². The van der Waals surface area contributed by atoms with Gasteiger partial charge < -0.3 is 18.7 Å². The summed E-state index contributed by atoms with van der Waals surface area (Å²) < 4.78 is 21.4. The molecule has 0 spiro atoms. The Balaban J connectivity index is 1.66. The summed E-state index contributed by atoms with van der Waals surface area (Å²) in [5.74, 6) is 2.04. The fourth-order valence-electron chi connectivity index (χ4n) is 8.08.